The van der Waals surface area contributed by atoms with Crippen LogP contribution in [0.5, 0.6) is 11.5 Å². The number of ether oxygens (including phenoxy) is 2. The zero-order valence-corrected chi connectivity index (χ0v) is 34.2. The van der Waals surface area contributed by atoms with Crippen LogP contribution >= 0.6 is 0 Å². The van der Waals surface area contributed by atoms with Crippen LogP contribution in [0.4, 0.5) is 0 Å². The molecule has 0 aromatic heterocycles. The Hall–Kier alpha value is -5.85. The second kappa shape index (κ2) is 21.2. The quantitative estimate of drug-likeness (QED) is 0.0809. The van der Waals surface area contributed by atoms with Crippen LogP contribution in [-0.2, 0) is 25.6 Å². The number of hydrogen-bond donors (Lipinski definition) is 8. The molecular weight excluding hydrogens is 759 g/mol. The Bertz CT molecular complexity index is 2010. The first-order valence-corrected chi connectivity index (χ1v) is 19.4. The van der Waals surface area contributed by atoms with Crippen LogP contribution in [0.3, 0.4) is 0 Å². The number of rotatable bonds is 14. The number of aryl methyl sites for hydroxylation is 2. The monoisotopic (exact) mass is 815 g/mol. The predicted molar refractivity (Wildman–Crippen MR) is 223 cm³/mol. The van der Waals surface area contributed by atoms with Gasteiger partial charge in [-0.1, -0.05) is 36.4 Å². The van der Waals surface area contributed by atoms with Crippen molar-refractivity contribution in [3.8, 4) is 22.6 Å². The number of nitrogens with one attached hydrogen (secondary N) is 4. The van der Waals surface area contributed by atoms with Gasteiger partial charge in [-0.3, -0.25) is 39.7 Å². The Morgan fingerprint density at radius 2 is 1.59 bits per heavy atom. The maximum atomic E-state index is 14.5. The van der Waals surface area contributed by atoms with Gasteiger partial charge in [0.25, 0.3) is 17.7 Å². The van der Waals surface area contributed by atoms with Gasteiger partial charge in [-0.2, -0.15) is 0 Å². The third kappa shape index (κ3) is 11.6. The average molecular weight is 816 g/mol. The number of nitrogens with two attached hydrogens (primary N) is 3. The highest BCUT2D eigenvalue weighted by Gasteiger charge is 2.36. The molecule has 1 aliphatic rings. The largest absolute Gasteiger partial charge is 0.492 e. The molecule has 5 atom stereocenters. The van der Waals surface area contributed by atoms with E-state index in [1.807, 2.05) is 13.0 Å². The van der Waals surface area contributed by atoms with Crippen molar-refractivity contribution in [3.63, 3.8) is 0 Å². The molecule has 4 rings (SSSR count). The molecule has 0 saturated heterocycles. The van der Waals surface area contributed by atoms with Crippen molar-refractivity contribution >= 4 is 29.5 Å². The summed E-state index contributed by atoms with van der Waals surface area (Å²) in [6, 6.07) is 11.1. The molecule has 17 nitrogen and oxygen atoms in total. The second-order valence-corrected chi connectivity index (χ2v) is 14.4. The lowest BCUT2D eigenvalue weighted by Gasteiger charge is -2.36. The summed E-state index contributed by atoms with van der Waals surface area (Å²) in [7, 11) is 2.82. The van der Waals surface area contributed by atoms with Crippen molar-refractivity contribution in [1.82, 2.24) is 31.3 Å². The first-order valence-electron chi connectivity index (χ1n) is 19.4. The Labute approximate surface area is 344 Å². The SMILES string of the molecule is C=CC(=O)N(C)NC(=O)[C@@H]1Cc2ccc(OCCN)c(c2)-c2cc(ccc2OCCN)[C@H](N(C)C(=O)[C@H](CCN)NC(=O)c2ccc(C)cc2C)C(O)N[C@@H](C)C(=O)N1. The number of benzene rings is 3. The number of fused-ring (bicyclic) bond motifs is 5. The molecule has 5 amide bonds. The van der Waals surface area contributed by atoms with E-state index in [1.54, 1.807) is 55.5 Å². The molecule has 318 valence electrons. The van der Waals surface area contributed by atoms with Gasteiger partial charge in [0.2, 0.25) is 11.8 Å². The van der Waals surface area contributed by atoms with Gasteiger partial charge >= 0.3 is 0 Å². The maximum absolute atomic E-state index is 14.5. The molecule has 0 saturated carbocycles. The lowest BCUT2D eigenvalue weighted by Crippen LogP contribution is -2.58. The molecule has 59 heavy (non-hydrogen) atoms. The first-order chi connectivity index (χ1) is 28.1. The fraction of sp³-hybridized carbons (Fsp3) is 0.405. The number of carbonyl (C=O) groups excluding carboxylic acids is 5. The summed E-state index contributed by atoms with van der Waals surface area (Å²) in [5.41, 5.74) is 24.2. The number of aliphatic hydroxyl groups excluding tert-OH is 1. The zero-order valence-electron chi connectivity index (χ0n) is 34.2. The van der Waals surface area contributed by atoms with Gasteiger partial charge in [0.15, 0.2) is 0 Å². The topological polar surface area (TPSA) is 257 Å². The van der Waals surface area contributed by atoms with Crippen molar-refractivity contribution in [2.45, 2.75) is 64.0 Å². The van der Waals surface area contributed by atoms with Gasteiger partial charge in [-0.15, -0.1) is 0 Å². The van der Waals surface area contributed by atoms with E-state index in [4.69, 9.17) is 26.7 Å². The van der Waals surface area contributed by atoms with Crippen LogP contribution in [-0.4, -0.2) is 116 Å². The molecule has 0 fully saturated rings. The minimum atomic E-state index is -1.60. The number of nitrogens with zero attached hydrogens (tertiary/aromatic N) is 2. The zero-order chi connectivity index (χ0) is 43.4. The van der Waals surface area contributed by atoms with Gasteiger partial charge in [0, 0.05) is 50.3 Å². The van der Waals surface area contributed by atoms with E-state index >= 15 is 0 Å². The summed E-state index contributed by atoms with van der Waals surface area (Å²) in [6.45, 7) is 9.44. The van der Waals surface area contributed by atoms with E-state index in [0.29, 0.717) is 39.3 Å². The minimum absolute atomic E-state index is 0.0257. The van der Waals surface area contributed by atoms with E-state index < -0.39 is 59.9 Å². The molecule has 4 bridgehead atoms. The van der Waals surface area contributed by atoms with Crippen LogP contribution in [0.25, 0.3) is 11.1 Å². The Balaban J connectivity index is 1.88. The van der Waals surface area contributed by atoms with Gasteiger partial charge in [0.05, 0.1) is 12.1 Å². The summed E-state index contributed by atoms with van der Waals surface area (Å²) in [4.78, 5) is 69.0. The fourth-order valence-corrected chi connectivity index (χ4v) is 6.78. The van der Waals surface area contributed by atoms with Crippen LogP contribution in [0.1, 0.15) is 52.0 Å². The average Bonchev–Trinajstić information content (AvgIpc) is 3.20. The van der Waals surface area contributed by atoms with Crippen LogP contribution in [0.15, 0.2) is 67.3 Å². The number of hydrazine groups is 1. The number of likely N-dealkylation sites (N-methyl/N-ethyl adjacent to an activating group) is 2. The lowest BCUT2D eigenvalue weighted by atomic mass is 9.93. The normalized spacial score (nSPS) is 18.3. The van der Waals surface area contributed by atoms with E-state index in [-0.39, 0.29) is 45.7 Å². The van der Waals surface area contributed by atoms with E-state index in [1.165, 1.54) is 25.9 Å². The summed E-state index contributed by atoms with van der Waals surface area (Å²) >= 11 is 0. The number of hydrogen-bond acceptors (Lipinski definition) is 12. The Morgan fingerprint density at radius 3 is 2.20 bits per heavy atom. The van der Waals surface area contributed by atoms with Crippen LogP contribution in [0.2, 0.25) is 0 Å². The minimum Gasteiger partial charge on any atom is -0.492 e. The molecule has 1 heterocycles. The van der Waals surface area contributed by atoms with E-state index in [2.05, 4.69) is 28.0 Å². The van der Waals surface area contributed by atoms with Gasteiger partial charge in [-0.05, 0) is 86.8 Å². The highest BCUT2D eigenvalue weighted by Crippen LogP contribution is 2.40. The van der Waals surface area contributed by atoms with Crippen LogP contribution in [0, 0.1) is 13.8 Å². The van der Waals surface area contributed by atoms with Crippen molar-refractivity contribution in [2.75, 3.05) is 46.9 Å². The van der Waals surface area contributed by atoms with Gasteiger partial charge in [0.1, 0.15) is 43.0 Å². The van der Waals surface area contributed by atoms with Crippen molar-refractivity contribution < 1.29 is 38.6 Å². The third-order valence-electron chi connectivity index (χ3n) is 9.85. The molecule has 1 unspecified atom stereocenters. The molecule has 0 spiro atoms. The van der Waals surface area contributed by atoms with E-state index in [9.17, 15) is 29.1 Å². The summed E-state index contributed by atoms with van der Waals surface area (Å²) in [6.07, 6.45) is -0.521. The maximum Gasteiger partial charge on any atom is 0.264 e. The number of amides is 5. The lowest BCUT2D eigenvalue weighted by molar-refractivity contribution is -0.139. The van der Waals surface area contributed by atoms with Crippen molar-refractivity contribution in [3.05, 3.63) is 95.1 Å². The van der Waals surface area contributed by atoms with Crippen molar-refractivity contribution in [1.29, 1.82) is 0 Å². The molecular formula is C42H57N9O8. The van der Waals surface area contributed by atoms with Gasteiger partial charge < -0.3 is 47.3 Å². The van der Waals surface area contributed by atoms with Crippen LogP contribution < -0.4 is 48.1 Å². The second-order valence-electron chi connectivity index (χ2n) is 14.4. The Kier molecular flexibility index (Phi) is 16.5. The van der Waals surface area contributed by atoms with Gasteiger partial charge in [-0.25, -0.2) is 0 Å². The molecule has 3 aromatic carbocycles. The first kappa shape index (κ1) is 45.8. The highest BCUT2D eigenvalue weighted by molar-refractivity contribution is 5.99. The highest BCUT2D eigenvalue weighted by atomic mass is 16.5. The fourth-order valence-electron chi connectivity index (χ4n) is 6.78. The molecule has 0 radical (unpaired) electrons. The molecule has 11 N–H and O–H groups in total. The molecule has 17 heteroatoms. The smallest absolute Gasteiger partial charge is 0.264 e. The molecule has 1 aliphatic heterocycles. The van der Waals surface area contributed by atoms with E-state index in [0.717, 1.165) is 22.2 Å². The predicted octanol–water partition coefficient (Wildman–Crippen LogP) is 0.305. The molecule has 0 aliphatic carbocycles. The standard InChI is InChI=1S/C42H57N9O8/c1-7-36(52)51(6)49-40(55)33-22-27-9-12-34(58-18-16-44)30(21-27)31-23-28(10-13-35(31)59-19-17-45)37(41(56)46-26(4)38(53)48-33)50(5)42(57)32(14-15-43)47-39(54)29-11-8-24(2)20-25(29)3/h7-13,20-21,23,26,32-33,37,41,46,56H,1,14-19,22,43-45H2,2-6H3,(H,47,54)(H,48,53)(H,49,55)/t26-,32-,33-,37-,41?/m0/s1. The molecule has 3 aromatic rings. The number of aliphatic hydroxyl groups is 1. The third-order valence-corrected chi connectivity index (χ3v) is 9.85. The number of carbonyl (C=O) groups is 5. The summed E-state index contributed by atoms with van der Waals surface area (Å²) in [5, 5.41) is 21.4. The van der Waals surface area contributed by atoms with Crippen molar-refractivity contribution in [2.24, 2.45) is 17.2 Å². The Morgan fingerprint density at radius 1 is 0.949 bits per heavy atom. The summed E-state index contributed by atoms with van der Waals surface area (Å²) in [5.74, 6) is -2.17. The summed E-state index contributed by atoms with van der Waals surface area (Å²) < 4.78 is 12.2.